The number of rotatable bonds is 5. The van der Waals surface area contributed by atoms with Crippen LogP contribution in [0.1, 0.15) is 50.5 Å². The monoisotopic (exact) mass is 273 g/mol. The van der Waals surface area contributed by atoms with Crippen LogP contribution in [0.5, 0.6) is 0 Å². The lowest BCUT2D eigenvalue weighted by molar-refractivity contribution is -0.0217. The van der Waals surface area contributed by atoms with E-state index in [-0.39, 0.29) is 11.6 Å². The van der Waals surface area contributed by atoms with Gasteiger partial charge in [-0.3, -0.25) is 4.90 Å². The number of hydrogen-bond acceptors (Lipinski definition) is 2. The van der Waals surface area contributed by atoms with Crippen LogP contribution in [0.25, 0.3) is 0 Å². The third-order valence-corrected chi connectivity index (χ3v) is 5.37. The highest BCUT2D eigenvalue weighted by Gasteiger charge is 2.45. The summed E-state index contributed by atoms with van der Waals surface area (Å²) in [5.41, 5.74) is 1.45. The highest BCUT2D eigenvalue weighted by Crippen LogP contribution is 2.41. The molecule has 1 N–H and O–H groups in total. The maximum Gasteiger partial charge on any atom is 0.0727 e. The fraction of sp³-hybridized carbons (Fsp3) is 0.667. The first kappa shape index (κ1) is 14.1. The zero-order chi connectivity index (χ0) is 13.8. The first-order valence-electron chi connectivity index (χ1n) is 8.28. The van der Waals surface area contributed by atoms with E-state index in [4.69, 9.17) is 0 Å². The molecule has 20 heavy (non-hydrogen) atoms. The van der Waals surface area contributed by atoms with E-state index in [1.54, 1.807) is 0 Å². The van der Waals surface area contributed by atoms with Gasteiger partial charge in [-0.15, -0.1) is 0 Å². The van der Waals surface area contributed by atoms with Gasteiger partial charge >= 0.3 is 0 Å². The van der Waals surface area contributed by atoms with Crippen LogP contribution < -0.4 is 0 Å². The molecule has 3 rings (SSSR count). The van der Waals surface area contributed by atoms with Crippen LogP contribution in [0.2, 0.25) is 0 Å². The number of hydrogen-bond donors (Lipinski definition) is 1. The highest BCUT2D eigenvalue weighted by molar-refractivity contribution is 5.15. The van der Waals surface area contributed by atoms with Gasteiger partial charge in [0, 0.05) is 5.54 Å². The molecule has 0 radical (unpaired) electrons. The lowest BCUT2D eigenvalue weighted by Gasteiger charge is -2.42. The quantitative estimate of drug-likeness (QED) is 0.889. The second kappa shape index (κ2) is 6.28. The van der Waals surface area contributed by atoms with Crippen molar-refractivity contribution in [1.29, 1.82) is 0 Å². The molecule has 1 atom stereocenters. The molecule has 0 bridgehead atoms. The summed E-state index contributed by atoms with van der Waals surface area (Å²) in [7, 11) is 0. The number of benzene rings is 1. The Morgan fingerprint density at radius 1 is 1.00 bits per heavy atom. The Kier molecular flexibility index (Phi) is 4.42. The van der Waals surface area contributed by atoms with Crippen LogP contribution in [0, 0.1) is 0 Å². The molecule has 1 saturated heterocycles. The molecular formula is C18H27NO. The number of aryl methyl sites for hydroxylation is 1. The van der Waals surface area contributed by atoms with Crippen molar-refractivity contribution in [2.24, 2.45) is 0 Å². The molecule has 110 valence electrons. The average Bonchev–Trinajstić information content (AvgIpc) is 3.17. The fourth-order valence-corrected chi connectivity index (χ4v) is 4.23. The molecule has 2 aliphatic rings. The summed E-state index contributed by atoms with van der Waals surface area (Å²) in [5.74, 6) is 0. The Hall–Kier alpha value is -0.860. The Labute approximate surface area is 122 Å². The third kappa shape index (κ3) is 2.77. The summed E-state index contributed by atoms with van der Waals surface area (Å²) in [4.78, 5) is 2.61. The van der Waals surface area contributed by atoms with Gasteiger partial charge in [0.05, 0.1) is 6.10 Å². The predicted molar refractivity (Wildman–Crippen MR) is 82.8 cm³/mol. The molecule has 1 aliphatic heterocycles. The summed E-state index contributed by atoms with van der Waals surface area (Å²) in [6.07, 6.45) is 9.34. The number of aliphatic hydroxyl groups excluding tert-OH is 1. The van der Waals surface area contributed by atoms with Crippen LogP contribution in [0.3, 0.4) is 0 Å². The van der Waals surface area contributed by atoms with Gasteiger partial charge in [0.15, 0.2) is 0 Å². The van der Waals surface area contributed by atoms with Gasteiger partial charge in [-0.1, -0.05) is 43.2 Å². The van der Waals surface area contributed by atoms with Gasteiger partial charge in [-0.25, -0.2) is 0 Å². The number of nitrogens with zero attached hydrogens (tertiary/aromatic N) is 1. The lowest BCUT2D eigenvalue weighted by atomic mass is 9.85. The van der Waals surface area contributed by atoms with Crippen molar-refractivity contribution in [3.8, 4) is 0 Å². The van der Waals surface area contributed by atoms with Crippen molar-refractivity contribution < 1.29 is 5.11 Å². The maximum absolute atomic E-state index is 10.9. The van der Waals surface area contributed by atoms with Crippen LogP contribution in [-0.2, 0) is 6.42 Å². The SMILES string of the molecule is OC(CCc1ccccc1)C1(N2CCCC2)CCCC1. The van der Waals surface area contributed by atoms with Crippen molar-refractivity contribution in [1.82, 2.24) is 4.90 Å². The van der Waals surface area contributed by atoms with E-state index >= 15 is 0 Å². The minimum atomic E-state index is -0.164. The van der Waals surface area contributed by atoms with Crippen molar-refractivity contribution >= 4 is 0 Å². The normalized spacial score (nSPS) is 24.1. The van der Waals surface area contributed by atoms with Crippen LogP contribution >= 0.6 is 0 Å². The van der Waals surface area contributed by atoms with Gasteiger partial charge in [-0.05, 0) is 57.2 Å². The van der Waals surface area contributed by atoms with Crippen LogP contribution in [0.4, 0.5) is 0 Å². The van der Waals surface area contributed by atoms with E-state index in [1.165, 1.54) is 57.2 Å². The summed E-state index contributed by atoms with van der Waals surface area (Å²) in [5, 5.41) is 10.9. The van der Waals surface area contributed by atoms with Gasteiger partial charge in [0.1, 0.15) is 0 Å². The lowest BCUT2D eigenvalue weighted by Crippen LogP contribution is -2.54. The summed E-state index contributed by atoms with van der Waals surface area (Å²) < 4.78 is 0. The average molecular weight is 273 g/mol. The van der Waals surface area contributed by atoms with Crippen LogP contribution in [-0.4, -0.2) is 34.7 Å². The molecule has 2 heteroatoms. The van der Waals surface area contributed by atoms with E-state index in [0.717, 1.165) is 12.8 Å². The standard InChI is InChI=1S/C18H27NO/c20-17(11-10-16-8-2-1-3-9-16)18(12-4-5-13-18)19-14-6-7-15-19/h1-3,8-9,17,20H,4-7,10-15H2. The molecule has 2 fully saturated rings. The Balaban J connectivity index is 1.65. The minimum absolute atomic E-state index is 0.102. The zero-order valence-corrected chi connectivity index (χ0v) is 12.4. The number of aliphatic hydroxyl groups is 1. The molecule has 1 heterocycles. The Bertz CT molecular complexity index is 405. The molecule has 1 aromatic rings. The third-order valence-electron chi connectivity index (χ3n) is 5.37. The second-order valence-corrected chi connectivity index (χ2v) is 6.54. The minimum Gasteiger partial charge on any atom is -0.391 e. The molecule has 1 unspecified atom stereocenters. The summed E-state index contributed by atoms with van der Waals surface area (Å²) >= 11 is 0. The Morgan fingerprint density at radius 2 is 1.65 bits per heavy atom. The first-order valence-corrected chi connectivity index (χ1v) is 8.28. The molecular weight excluding hydrogens is 246 g/mol. The maximum atomic E-state index is 10.9. The molecule has 0 amide bonds. The summed E-state index contributed by atoms with van der Waals surface area (Å²) in [6, 6.07) is 10.6. The van der Waals surface area contributed by atoms with E-state index in [1.807, 2.05) is 0 Å². The van der Waals surface area contributed by atoms with Gasteiger partial charge < -0.3 is 5.11 Å². The topological polar surface area (TPSA) is 23.5 Å². The predicted octanol–water partition coefficient (Wildman–Crippen LogP) is 3.39. The van der Waals surface area contributed by atoms with Gasteiger partial charge in [0.25, 0.3) is 0 Å². The zero-order valence-electron chi connectivity index (χ0n) is 12.4. The van der Waals surface area contributed by atoms with E-state index in [9.17, 15) is 5.11 Å². The molecule has 0 spiro atoms. The molecule has 0 aromatic heterocycles. The van der Waals surface area contributed by atoms with E-state index < -0.39 is 0 Å². The highest BCUT2D eigenvalue weighted by atomic mass is 16.3. The van der Waals surface area contributed by atoms with Gasteiger partial charge in [-0.2, -0.15) is 0 Å². The van der Waals surface area contributed by atoms with E-state index in [2.05, 4.69) is 35.2 Å². The van der Waals surface area contributed by atoms with E-state index in [0.29, 0.717) is 0 Å². The fourth-order valence-electron chi connectivity index (χ4n) is 4.23. The molecule has 2 nitrogen and oxygen atoms in total. The molecule has 1 saturated carbocycles. The first-order chi connectivity index (χ1) is 9.81. The largest absolute Gasteiger partial charge is 0.391 e. The Morgan fingerprint density at radius 3 is 2.30 bits per heavy atom. The molecule has 1 aliphatic carbocycles. The van der Waals surface area contributed by atoms with Crippen molar-refractivity contribution in [2.45, 2.75) is 63.0 Å². The smallest absolute Gasteiger partial charge is 0.0727 e. The van der Waals surface area contributed by atoms with Crippen LogP contribution in [0.15, 0.2) is 30.3 Å². The molecule has 1 aromatic carbocycles. The van der Waals surface area contributed by atoms with Crippen molar-refractivity contribution in [3.63, 3.8) is 0 Å². The second-order valence-electron chi connectivity index (χ2n) is 6.54. The summed E-state index contributed by atoms with van der Waals surface area (Å²) in [6.45, 7) is 2.39. The number of likely N-dealkylation sites (tertiary alicyclic amines) is 1. The van der Waals surface area contributed by atoms with Crippen molar-refractivity contribution in [2.75, 3.05) is 13.1 Å². The van der Waals surface area contributed by atoms with Gasteiger partial charge in [0.2, 0.25) is 0 Å². The van der Waals surface area contributed by atoms with Crippen molar-refractivity contribution in [3.05, 3.63) is 35.9 Å².